The van der Waals surface area contributed by atoms with Crippen molar-refractivity contribution < 1.29 is 23.7 Å². The van der Waals surface area contributed by atoms with Crippen molar-refractivity contribution in [1.29, 1.82) is 0 Å². The maximum atomic E-state index is 6.70. The Morgan fingerprint density at radius 3 is 2.14 bits per heavy atom. The molecule has 0 saturated carbocycles. The van der Waals surface area contributed by atoms with Crippen LogP contribution >= 0.6 is 0 Å². The zero-order chi connectivity index (χ0) is 24.6. The van der Waals surface area contributed by atoms with Gasteiger partial charge in [0, 0.05) is 18.6 Å². The van der Waals surface area contributed by atoms with Crippen molar-refractivity contribution in [2.24, 2.45) is 0 Å². The van der Waals surface area contributed by atoms with E-state index in [0.717, 1.165) is 30.4 Å². The third kappa shape index (κ3) is 6.41. The number of rotatable bonds is 10. The van der Waals surface area contributed by atoms with E-state index < -0.39 is 5.60 Å². The lowest BCUT2D eigenvalue weighted by Crippen LogP contribution is -2.59. The Hall–Kier alpha value is -2.54. The van der Waals surface area contributed by atoms with Crippen molar-refractivity contribution in [3.8, 4) is 0 Å². The number of hydrogen-bond acceptors (Lipinski definition) is 5. The third-order valence-electron chi connectivity index (χ3n) is 7.11. The molecule has 5 atom stereocenters. The molecule has 0 spiro atoms. The van der Waals surface area contributed by atoms with Crippen LogP contribution in [-0.2, 0) is 36.9 Å². The second-order valence-electron chi connectivity index (χ2n) is 9.88. The van der Waals surface area contributed by atoms with Gasteiger partial charge in [-0.3, -0.25) is 0 Å². The molecule has 5 heteroatoms. The molecule has 2 fully saturated rings. The summed E-state index contributed by atoms with van der Waals surface area (Å²) in [5.41, 5.74) is 2.93. The second kappa shape index (κ2) is 12.1. The molecule has 0 aliphatic carbocycles. The molecular formula is C31H36O5. The first-order chi connectivity index (χ1) is 17.7. The predicted octanol–water partition coefficient (Wildman–Crippen LogP) is 6.23. The van der Waals surface area contributed by atoms with E-state index in [9.17, 15) is 0 Å². The van der Waals surface area contributed by atoms with Gasteiger partial charge in [-0.15, -0.1) is 0 Å². The highest BCUT2D eigenvalue weighted by Crippen LogP contribution is 2.41. The summed E-state index contributed by atoms with van der Waals surface area (Å²) in [5, 5.41) is 0. The maximum absolute atomic E-state index is 6.70. The number of benzene rings is 3. The van der Waals surface area contributed by atoms with E-state index in [-0.39, 0.29) is 24.6 Å². The van der Waals surface area contributed by atoms with Gasteiger partial charge < -0.3 is 23.7 Å². The summed E-state index contributed by atoms with van der Waals surface area (Å²) in [4.78, 5) is 0. The van der Waals surface area contributed by atoms with E-state index in [1.807, 2.05) is 66.7 Å². The zero-order valence-corrected chi connectivity index (χ0v) is 21.0. The molecule has 2 heterocycles. The van der Waals surface area contributed by atoms with Crippen LogP contribution in [0.2, 0.25) is 0 Å². The van der Waals surface area contributed by atoms with Crippen LogP contribution in [0.1, 0.15) is 49.2 Å². The fraction of sp³-hybridized carbons (Fsp3) is 0.419. The van der Waals surface area contributed by atoms with Gasteiger partial charge in [0.2, 0.25) is 0 Å². The highest BCUT2D eigenvalue weighted by Gasteiger charge is 2.49. The molecule has 2 aliphatic rings. The maximum Gasteiger partial charge on any atom is 0.184 e. The van der Waals surface area contributed by atoms with E-state index >= 15 is 0 Å². The third-order valence-corrected chi connectivity index (χ3v) is 7.11. The van der Waals surface area contributed by atoms with Crippen LogP contribution < -0.4 is 0 Å². The van der Waals surface area contributed by atoms with Gasteiger partial charge in [-0.1, -0.05) is 91.0 Å². The van der Waals surface area contributed by atoms with Crippen molar-refractivity contribution in [3.63, 3.8) is 0 Å². The average molecular weight is 489 g/mol. The van der Waals surface area contributed by atoms with Crippen LogP contribution in [0, 0.1) is 0 Å². The summed E-state index contributed by atoms with van der Waals surface area (Å²) in [5.74, 6) is 0. The first kappa shape index (κ1) is 25.1. The molecule has 5 nitrogen and oxygen atoms in total. The Labute approximate surface area is 214 Å². The molecule has 190 valence electrons. The topological polar surface area (TPSA) is 46.2 Å². The fourth-order valence-electron chi connectivity index (χ4n) is 5.08. The van der Waals surface area contributed by atoms with Crippen molar-refractivity contribution in [1.82, 2.24) is 0 Å². The van der Waals surface area contributed by atoms with Gasteiger partial charge in [0.05, 0.1) is 37.6 Å². The van der Waals surface area contributed by atoms with Crippen LogP contribution in [-0.4, -0.2) is 37.1 Å². The summed E-state index contributed by atoms with van der Waals surface area (Å²) in [6.45, 7) is 4.52. The lowest BCUT2D eigenvalue weighted by molar-refractivity contribution is -0.326. The Morgan fingerprint density at radius 2 is 1.44 bits per heavy atom. The van der Waals surface area contributed by atoms with Gasteiger partial charge in [0.15, 0.2) is 6.29 Å². The lowest BCUT2D eigenvalue weighted by Gasteiger charge is -2.50. The van der Waals surface area contributed by atoms with Crippen LogP contribution in [0.15, 0.2) is 91.0 Å². The van der Waals surface area contributed by atoms with Crippen molar-refractivity contribution in [2.75, 3.05) is 13.2 Å². The summed E-state index contributed by atoms with van der Waals surface area (Å²) < 4.78 is 31.6. The highest BCUT2D eigenvalue weighted by molar-refractivity contribution is 5.17. The monoisotopic (exact) mass is 488 g/mol. The highest BCUT2D eigenvalue weighted by atomic mass is 16.7. The molecule has 3 aromatic carbocycles. The first-order valence-corrected chi connectivity index (χ1v) is 13.0. The molecule has 5 rings (SSSR count). The van der Waals surface area contributed by atoms with E-state index in [0.29, 0.717) is 26.4 Å². The molecule has 2 saturated heterocycles. The zero-order valence-electron chi connectivity index (χ0n) is 21.0. The van der Waals surface area contributed by atoms with E-state index in [2.05, 4.69) is 31.2 Å². The summed E-state index contributed by atoms with van der Waals surface area (Å²) >= 11 is 0. The largest absolute Gasteiger partial charge is 0.377 e. The van der Waals surface area contributed by atoms with Gasteiger partial charge in [-0.2, -0.15) is 0 Å². The summed E-state index contributed by atoms with van der Waals surface area (Å²) in [7, 11) is 0. The quantitative estimate of drug-likeness (QED) is 0.317. The molecule has 2 aliphatic heterocycles. The molecule has 3 aromatic rings. The Bertz CT molecular complexity index is 1040. The summed E-state index contributed by atoms with van der Waals surface area (Å²) in [6.07, 6.45) is 1.84. The predicted molar refractivity (Wildman–Crippen MR) is 138 cm³/mol. The molecule has 0 N–H and O–H groups in total. The van der Waals surface area contributed by atoms with E-state index in [1.54, 1.807) is 0 Å². The van der Waals surface area contributed by atoms with Crippen molar-refractivity contribution in [3.05, 3.63) is 108 Å². The minimum atomic E-state index is -0.446. The van der Waals surface area contributed by atoms with Crippen LogP contribution in [0.5, 0.6) is 0 Å². The van der Waals surface area contributed by atoms with Gasteiger partial charge in [0.1, 0.15) is 6.10 Å². The van der Waals surface area contributed by atoms with E-state index in [1.165, 1.54) is 5.56 Å². The van der Waals surface area contributed by atoms with Gasteiger partial charge in [-0.25, -0.2) is 0 Å². The lowest BCUT2D eigenvalue weighted by atomic mass is 9.84. The molecule has 0 amide bonds. The van der Waals surface area contributed by atoms with Gasteiger partial charge in [0.25, 0.3) is 0 Å². The SMILES string of the molecule is C[C@@]1(CCCOCc2ccccc2)O[C@@H]2CO[C@@H](c3ccccc3)O[C@H]2C[C@H]1OCc1ccccc1. The molecular weight excluding hydrogens is 452 g/mol. The molecule has 36 heavy (non-hydrogen) atoms. The van der Waals surface area contributed by atoms with Crippen LogP contribution in [0.4, 0.5) is 0 Å². The fourth-order valence-corrected chi connectivity index (χ4v) is 5.08. The van der Waals surface area contributed by atoms with Gasteiger partial charge >= 0.3 is 0 Å². The minimum absolute atomic E-state index is 0.0767. The number of ether oxygens (including phenoxy) is 5. The number of hydrogen-bond donors (Lipinski definition) is 0. The Balaban J connectivity index is 1.21. The first-order valence-electron chi connectivity index (χ1n) is 13.0. The average Bonchev–Trinajstić information content (AvgIpc) is 2.93. The molecule has 0 bridgehead atoms. The normalized spacial score (nSPS) is 27.9. The smallest absolute Gasteiger partial charge is 0.184 e. The van der Waals surface area contributed by atoms with E-state index in [4.69, 9.17) is 23.7 Å². The Morgan fingerprint density at radius 1 is 0.806 bits per heavy atom. The van der Waals surface area contributed by atoms with Crippen molar-refractivity contribution in [2.45, 2.75) is 69.6 Å². The Kier molecular flexibility index (Phi) is 8.47. The van der Waals surface area contributed by atoms with Crippen LogP contribution in [0.25, 0.3) is 0 Å². The molecule has 0 unspecified atom stereocenters. The standard InChI is InChI=1S/C31H36O5/c1-31(18-11-19-32-21-24-12-5-2-6-13-24)29(33-22-25-14-7-3-8-15-25)20-27-28(36-31)23-34-30(35-27)26-16-9-4-10-17-26/h2-10,12-17,27-30H,11,18-23H2,1H3/t27-,28+,29+,30+,31-/m0/s1. The van der Waals surface area contributed by atoms with Gasteiger partial charge in [-0.05, 0) is 30.9 Å². The summed E-state index contributed by atoms with van der Waals surface area (Å²) in [6, 6.07) is 30.7. The molecule has 0 aromatic heterocycles. The minimum Gasteiger partial charge on any atom is -0.377 e. The second-order valence-corrected chi connectivity index (χ2v) is 9.88. The van der Waals surface area contributed by atoms with Crippen molar-refractivity contribution >= 4 is 0 Å². The number of fused-ring (bicyclic) bond motifs is 1. The van der Waals surface area contributed by atoms with Crippen LogP contribution in [0.3, 0.4) is 0 Å². The molecule has 0 radical (unpaired) electrons.